The van der Waals surface area contributed by atoms with E-state index in [-0.39, 0.29) is 6.42 Å². The number of aryl methyl sites for hydroxylation is 2. The number of Topliss-reactive ketones (excluding diaryl/α,β-unsaturated/α-hetero) is 1. The van der Waals surface area contributed by atoms with Crippen molar-refractivity contribution in [3.8, 4) is 0 Å². The average Bonchev–Trinajstić information content (AvgIpc) is 2.32. The van der Waals surface area contributed by atoms with E-state index < -0.39 is 23.0 Å². The van der Waals surface area contributed by atoms with Gasteiger partial charge in [-0.2, -0.15) is 0 Å². The fourth-order valence-electron chi connectivity index (χ4n) is 2.43. The van der Waals surface area contributed by atoms with Gasteiger partial charge < -0.3 is 4.74 Å². The molecule has 0 spiro atoms. The normalized spacial score (nSPS) is 22.4. The van der Waals surface area contributed by atoms with E-state index in [1.54, 1.807) is 39.8 Å². The maximum atomic E-state index is 14.9. The Labute approximate surface area is 118 Å². The van der Waals surface area contributed by atoms with Crippen LogP contribution < -0.4 is 0 Å². The van der Waals surface area contributed by atoms with E-state index in [2.05, 4.69) is 0 Å². The topological polar surface area (TPSA) is 43.4 Å². The van der Waals surface area contributed by atoms with Gasteiger partial charge in [-0.15, -0.1) is 0 Å². The summed E-state index contributed by atoms with van der Waals surface area (Å²) in [5.74, 6) is -1.85. The van der Waals surface area contributed by atoms with Gasteiger partial charge in [0, 0.05) is 12.0 Å². The van der Waals surface area contributed by atoms with Gasteiger partial charge in [0.2, 0.25) is 5.78 Å². The number of ketones is 1. The number of carbonyl (C=O) groups excluding carboxylic acids is 2. The number of alkyl halides is 1. The van der Waals surface area contributed by atoms with Crippen LogP contribution in [0.5, 0.6) is 0 Å². The lowest BCUT2D eigenvalue weighted by Gasteiger charge is -2.31. The maximum absolute atomic E-state index is 14.9. The van der Waals surface area contributed by atoms with Gasteiger partial charge in [0.05, 0.1) is 0 Å². The number of hydrogen-bond donors (Lipinski definition) is 0. The molecule has 3 nitrogen and oxygen atoms in total. The first-order valence-corrected chi connectivity index (χ1v) is 6.71. The molecule has 108 valence electrons. The Bertz CT molecular complexity index is 572. The molecule has 0 radical (unpaired) electrons. The zero-order valence-corrected chi connectivity index (χ0v) is 12.2. The second-order valence-electron chi connectivity index (χ2n) is 6.24. The van der Waals surface area contributed by atoms with E-state index in [1.165, 1.54) is 0 Å². The van der Waals surface area contributed by atoms with Crippen molar-refractivity contribution in [3.63, 3.8) is 0 Å². The Balaban J connectivity index is 2.39. The van der Waals surface area contributed by atoms with Crippen LogP contribution >= 0.6 is 0 Å². The van der Waals surface area contributed by atoms with Crippen molar-refractivity contribution in [3.05, 3.63) is 34.9 Å². The number of halogens is 1. The smallest absolute Gasteiger partial charge is 0.352 e. The van der Waals surface area contributed by atoms with Gasteiger partial charge in [0.25, 0.3) is 5.67 Å². The molecule has 1 aliphatic carbocycles. The Hall–Kier alpha value is -1.71. The van der Waals surface area contributed by atoms with Gasteiger partial charge in [-0.3, -0.25) is 4.79 Å². The summed E-state index contributed by atoms with van der Waals surface area (Å²) in [7, 11) is 0. The van der Waals surface area contributed by atoms with E-state index in [9.17, 15) is 14.0 Å². The highest BCUT2D eigenvalue weighted by molar-refractivity contribution is 6.17. The second kappa shape index (κ2) is 4.69. The van der Waals surface area contributed by atoms with Crippen LogP contribution in [0.25, 0.3) is 0 Å². The van der Waals surface area contributed by atoms with Gasteiger partial charge in [-0.25, -0.2) is 9.18 Å². The highest BCUT2D eigenvalue weighted by Gasteiger charge is 2.52. The van der Waals surface area contributed by atoms with Crippen molar-refractivity contribution in [1.82, 2.24) is 0 Å². The van der Waals surface area contributed by atoms with E-state index in [4.69, 9.17) is 4.74 Å². The van der Waals surface area contributed by atoms with Crippen LogP contribution in [0.3, 0.4) is 0 Å². The molecule has 0 amide bonds. The Morgan fingerprint density at radius 3 is 2.60 bits per heavy atom. The van der Waals surface area contributed by atoms with Crippen LogP contribution in [0, 0.1) is 6.92 Å². The molecule has 0 fully saturated rings. The standard InChI is InChI=1S/C16H19FO3/c1-10-6-5-7-11-8-9-16(17,13(18)12(10)11)14(19)20-15(2,3)4/h5-7H,8-9H2,1-4H3. The van der Waals surface area contributed by atoms with E-state index in [0.717, 1.165) is 5.56 Å². The minimum absolute atomic E-state index is 0.156. The van der Waals surface area contributed by atoms with Gasteiger partial charge in [-0.05, 0) is 45.2 Å². The molecule has 1 atom stereocenters. The maximum Gasteiger partial charge on any atom is 0.352 e. The molecule has 2 rings (SSSR count). The highest BCUT2D eigenvalue weighted by atomic mass is 19.1. The lowest BCUT2D eigenvalue weighted by molar-refractivity contribution is -0.166. The number of esters is 1. The molecule has 0 N–H and O–H groups in total. The first-order valence-electron chi connectivity index (χ1n) is 6.71. The second-order valence-corrected chi connectivity index (χ2v) is 6.24. The van der Waals surface area contributed by atoms with Crippen molar-refractivity contribution in [1.29, 1.82) is 0 Å². The van der Waals surface area contributed by atoms with Crippen LogP contribution in [0.2, 0.25) is 0 Å². The monoisotopic (exact) mass is 278 g/mol. The SMILES string of the molecule is Cc1cccc2c1C(=O)C(F)(C(=O)OC(C)(C)C)CC2. The summed E-state index contributed by atoms with van der Waals surface area (Å²) in [5.41, 5.74) is -1.56. The molecule has 0 aliphatic heterocycles. The van der Waals surface area contributed by atoms with Crippen molar-refractivity contribution in [2.45, 2.75) is 51.8 Å². The van der Waals surface area contributed by atoms with Crippen molar-refractivity contribution >= 4 is 11.8 Å². The Morgan fingerprint density at radius 1 is 1.35 bits per heavy atom. The molecular formula is C16H19FO3. The van der Waals surface area contributed by atoms with Gasteiger partial charge >= 0.3 is 5.97 Å². The fourth-order valence-corrected chi connectivity index (χ4v) is 2.43. The van der Waals surface area contributed by atoms with Crippen molar-refractivity contribution in [2.24, 2.45) is 0 Å². The van der Waals surface area contributed by atoms with Crippen LogP contribution in [0.15, 0.2) is 18.2 Å². The zero-order valence-electron chi connectivity index (χ0n) is 12.2. The lowest BCUT2D eigenvalue weighted by atomic mass is 9.78. The number of ether oxygens (including phenoxy) is 1. The van der Waals surface area contributed by atoms with E-state index in [1.807, 2.05) is 6.07 Å². The Kier molecular flexibility index (Phi) is 3.44. The van der Waals surface area contributed by atoms with Gasteiger partial charge in [0.15, 0.2) is 0 Å². The van der Waals surface area contributed by atoms with Crippen LogP contribution in [0.1, 0.15) is 48.7 Å². The highest BCUT2D eigenvalue weighted by Crippen LogP contribution is 2.35. The predicted octanol–water partition coefficient (Wildman–Crippen LogP) is 3.17. The largest absolute Gasteiger partial charge is 0.457 e. The molecule has 1 aromatic rings. The molecule has 1 aromatic carbocycles. The summed E-state index contributed by atoms with van der Waals surface area (Å²) in [6, 6.07) is 5.38. The minimum Gasteiger partial charge on any atom is -0.457 e. The summed E-state index contributed by atoms with van der Waals surface area (Å²) < 4.78 is 20.0. The van der Waals surface area contributed by atoms with E-state index in [0.29, 0.717) is 17.5 Å². The van der Waals surface area contributed by atoms with Gasteiger partial charge in [-0.1, -0.05) is 18.2 Å². The molecule has 20 heavy (non-hydrogen) atoms. The Morgan fingerprint density at radius 2 is 2.00 bits per heavy atom. The number of carbonyl (C=O) groups is 2. The molecular weight excluding hydrogens is 259 g/mol. The van der Waals surface area contributed by atoms with Crippen LogP contribution in [0.4, 0.5) is 4.39 Å². The molecule has 1 aliphatic rings. The third kappa shape index (κ3) is 2.47. The first kappa shape index (κ1) is 14.7. The van der Waals surface area contributed by atoms with Crippen LogP contribution in [-0.2, 0) is 16.0 Å². The lowest BCUT2D eigenvalue weighted by Crippen LogP contribution is -2.49. The third-order valence-electron chi connectivity index (χ3n) is 3.41. The van der Waals surface area contributed by atoms with Crippen molar-refractivity contribution in [2.75, 3.05) is 0 Å². The van der Waals surface area contributed by atoms with Gasteiger partial charge in [0.1, 0.15) is 5.60 Å². The quantitative estimate of drug-likeness (QED) is 0.585. The first-order chi connectivity index (χ1) is 9.15. The van der Waals surface area contributed by atoms with Crippen LogP contribution in [-0.4, -0.2) is 23.0 Å². The third-order valence-corrected chi connectivity index (χ3v) is 3.41. The summed E-state index contributed by atoms with van der Waals surface area (Å²) in [4.78, 5) is 24.5. The van der Waals surface area contributed by atoms with E-state index >= 15 is 0 Å². The minimum atomic E-state index is -2.56. The molecule has 1 unspecified atom stereocenters. The molecule has 0 aromatic heterocycles. The average molecular weight is 278 g/mol. The summed E-state index contributed by atoms with van der Waals surface area (Å²) in [5, 5.41) is 0. The summed E-state index contributed by atoms with van der Waals surface area (Å²) in [6.45, 7) is 6.71. The summed E-state index contributed by atoms with van der Waals surface area (Å²) in [6.07, 6.45) is 0.204. The predicted molar refractivity (Wildman–Crippen MR) is 73.5 cm³/mol. The summed E-state index contributed by atoms with van der Waals surface area (Å²) >= 11 is 0. The molecule has 4 heteroatoms. The zero-order chi connectivity index (χ0) is 15.1. The number of fused-ring (bicyclic) bond motifs is 1. The number of benzene rings is 1. The molecule has 0 saturated carbocycles. The van der Waals surface area contributed by atoms with Crippen molar-refractivity contribution < 1.29 is 18.7 Å². The number of rotatable bonds is 1. The molecule has 0 heterocycles. The fraction of sp³-hybridized carbons (Fsp3) is 0.500. The molecule has 0 saturated heterocycles. The number of hydrogen-bond acceptors (Lipinski definition) is 3. The molecule has 0 bridgehead atoms.